The van der Waals surface area contributed by atoms with Gasteiger partial charge in [0.05, 0.1) is 14.2 Å². The molecule has 0 fully saturated rings. The number of anilines is 1. The van der Waals surface area contributed by atoms with Gasteiger partial charge in [-0.05, 0) is 12.1 Å². The van der Waals surface area contributed by atoms with E-state index in [0.29, 0.717) is 5.56 Å². The molecule has 6 nitrogen and oxygen atoms in total. The molecule has 2 rings (SSSR count). The van der Waals surface area contributed by atoms with E-state index in [2.05, 4.69) is 9.89 Å². The SMILES string of the molecule is COC(=O)c1cc(-c2cc(N)no2)cc(F)c1OC. The summed E-state index contributed by atoms with van der Waals surface area (Å²) >= 11 is 0. The molecule has 1 heterocycles. The van der Waals surface area contributed by atoms with Crippen LogP contribution in [0.5, 0.6) is 5.75 Å². The molecule has 0 aliphatic heterocycles. The lowest BCUT2D eigenvalue weighted by Crippen LogP contribution is -2.06. The minimum Gasteiger partial charge on any atom is -0.493 e. The first-order chi connectivity index (χ1) is 9.06. The van der Waals surface area contributed by atoms with Crippen LogP contribution in [0.3, 0.4) is 0 Å². The summed E-state index contributed by atoms with van der Waals surface area (Å²) in [6.07, 6.45) is 0. The monoisotopic (exact) mass is 266 g/mol. The van der Waals surface area contributed by atoms with Crippen LogP contribution in [0.4, 0.5) is 10.2 Å². The van der Waals surface area contributed by atoms with E-state index in [-0.39, 0.29) is 22.9 Å². The molecule has 0 atom stereocenters. The number of esters is 1. The van der Waals surface area contributed by atoms with Crippen LogP contribution in [-0.4, -0.2) is 25.3 Å². The zero-order valence-electron chi connectivity index (χ0n) is 10.3. The van der Waals surface area contributed by atoms with E-state index in [9.17, 15) is 9.18 Å². The molecule has 0 unspecified atom stereocenters. The van der Waals surface area contributed by atoms with Gasteiger partial charge in [0, 0.05) is 11.6 Å². The zero-order chi connectivity index (χ0) is 14.0. The number of carbonyl (C=O) groups is 1. The maximum absolute atomic E-state index is 13.9. The maximum atomic E-state index is 13.9. The van der Waals surface area contributed by atoms with Gasteiger partial charge in [0.2, 0.25) is 0 Å². The number of nitrogen functional groups attached to an aromatic ring is 1. The van der Waals surface area contributed by atoms with Crippen molar-refractivity contribution in [2.75, 3.05) is 20.0 Å². The first kappa shape index (κ1) is 12.9. The minimum absolute atomic E-state index is 0.0463. The van der Waals surface area contributed by atoms with Gasteiger partial charge in [0.15, 0.2) is 23.1 Å². The van der Waals surface area contributed by atoms with Gasteiger partial charge in [0.1, 0.15) is 5.56 Å². The summed E-state index contributed by atoms with van der Waals surface area (Å²) in [5, 5.41) is 3.49. The van der Waals surface area contributed by atoms with Crippen molar-refractivity contribution in [3.8, 4) is 17.1 Å². The Hall–Kier alpha value is -2.57. The maximum Gasteiger partial charge on any atom is 0.341 e. The summed E-state index contributed by atoms with van der Waals surface area (Å²) in [6, 6.07) is 3.96. The van der Waals surface area contributed by atoms with Crippen LogP contribution in [0.1, 0.15) is 10.4 Å². The number of methoxy groups -OCH3 is 2. The Kier molecular flexibility index (Phi) is 3.37. The van der Waals surface area contributed by atoms with Gasteiger partial charge in [0.25, 0.3) is 0 Å². The molecule has 0 saturated heterocycles. The first-order valence-electron chi connectivity index (χ1n) is 5.25. The number of hydrogen-bond donors (Lipinski definition) is 1. The number of nitrogens with two attached hydrogens (primary N) is 1. The van der Waals surface area contributed by atoms with Crippen LogP contribution in [0, 0.1) is 5.82 Å². The van der Waals surface area contributed by atoms with E-state index >= 15 is 0 Å². The Bertz CT molecular complexity index is 624. The molecule has 7 heteroatoms. The minimum atomic E-state index is -0.718. The van der Waals surface area contributed by atoms with Crippen molar-refractivity contribution < 1.29 is 23.2 Å². The standard InChI is InChI=1S/C12H11FN2O4/c1-17-11-7(12(16)18-2)3-6(4-8(11)13)9-5-10(14)15-19-9/h3-5H,1-2H3,(H2,14,15). The van der Waals surface area contributed by atoms with Gasteiger partial charge in [-0.25, -0.2) is 9.18 Å². The van der Waals surface area contributed by atoms with E-state index < -0.39 is 11.8 Å². The molecule has 0 spiro atoms. The molecule has 19 heavy (non-hydrogen) atoms. The lowest BCUT2D eigenvalue weighted by atomic mass is 10.1. The summed E-state index contributed by atoms with van der Waals surface area (Å²) in [6.45, 7) is 0. The second-order valence-corrected chi connectivity index (χ2v) is 3.65. The molecule has 1 aromatic carbocycles. The van der Waals surface area contributed by atoms with Gasteiger partial charge < -0.3 is 19.7 Å². The van der Waals surface area contributed by atoms with Crippen molar-refractivity contribution in [2.24, 2.45) is 0 Å². The fourth-order valence-corrected chi connectivity index (χ4v) is 1.63. The van der Waals surface area contributed by atoms with Crippen LogP contribution in [0.15, 0.2) is 22.7 Å². The molecule has 1 aromatic heterocycles. The highest BCUT2D eigenvalue weighted by molar-refractivity contribution is 5.94. The quantitative estimate of drug-likeness (QED) is 0.853. The van der Waals surface area contributed by atoms with Crippen molar-refractivity contribution in [3.63, 3.8) is 0 Å². The number of hydrogen-bond acceptors (Lipinski definition) is 6. The van der Waals surface area contributed by atoms with Gasteiger partial charge >= 0.3 is 5.97 Å². The highest BCUT2D eigenvalue weighted by Crippen LogP contribution is 2.31. The van der Waals surface area contributed by atoms with Crippen molar-refractivity contribution in [1.82, 2.24) is 5.16 Å². The number of ether oxygens (including phenoxy) is 2. The Morgan fingerprint density at radius 1 is 1.37 bits per heavy atom. The Morgan fingerprint density at radius 3 is 2.63 bits per heavy atom. The molecule has 0 radical (unpaired) electrons. The van der Waals surface area contributed by atoms with Crippen LogP contribution in [0.2, 0.25) is 0 Å². The second kappa shape index (κ2) is 4.97. The highest BCUT2D eigenvalue weighted by Gasteiger charge is 2.20. The summed E-state index contributed by atoms with van der Waals surface area (Å²) in [5.41, 5.74) is 5.68. The van der Waals surface area contributed by atoms with Crippen LogP contribution in [0.25, 0.3) is 11.3 Å². The van der Waals surface area contributed by atoms with E-state index in [1.54, 1.807) is 0 Å². The second-order valence-electron chi connectivity index (χ2n) is 3.65. The van der Waals surface area contributed by atoms with Crippen LogP contribution in [-0.2, 0) is 4.74 Å². The number of aromatic nitrogens is 1. The predicted molar refractivity (Wildman–Crippen MR) is 64.2 cm³/mol. The van der Waals surface area contributed by atoms with E-state index in [4.69, 9.17) is 15.0 Å². The third-order valence-electron chi connectivity index (χ3n) is 2.47. The number of carbonyl (C=O) groups excluding carboxylic acids is 1. The van der Waals surface area contributed by atoms with Crippen molar-refractivity contribution in [3.05, 3.63) is 29.6 Å². The van der Waals surface area contributed by atoms with E-state index in [1.807, 2.05) is 0 Å². The Balaban J connectivity index is 2.59. The van der Waals surface area contributed by atoms with Gasteiger partial charge in [-0.15, -0.1) is 0 Å². The zero-order valence-corrected chi connectivity index (χ0v) is 10.3. The van der Waals surface area contributed by atoms with E-state index in [0.717, 1.165) is 6.07 Å². The number of benzene rings is 1. The lowest BCUT2D eigenvalue weighted by Gasteiger charge is -2.09. The Labute approximate surface area is 107 Å². The molecule has 0 aliphatic rings. The van der Waals surface area contributed by atoms with Gasteiger partial charge in [-0.2, -0.15) is 0 Å². The van der Waals surface area contributed by atoms with Crippen LogP contribution < -0.4 is 10.5 Å². The summed E-state index contributed by atoms with van der Waals surface area (Å²) in [5.74, 6) is -1.22. The molecular formula is C12H11FN2O4. The number of nitrogens with zero attached hydrogens (tertiary/aromatic N) is 1. The molecule has 0 saturated carbocycles. The van der Waals surface area contributed by atoms with Gasteiger partial charge in [-0.3, -0.25) is 0 Å². The average molecular weight is 266 g/mol. The van der Waals surface area contributed by atoms with Gasteiger partial charge in [-0.1, -0.05) is 5.16 Å². The summed E-state index contributed by atoms with van der Waals surface area (Å²) < 4.78 is 28.2. The first-order valence-corrected chi connectivity index (χ1v) is 5.25. The molecule has 100 valence electrons. The summed E-state index contributed by atoms with van der Waals surface area (Å²) in [4.78, 5) is 11.6. The number of halogens is 1. The molecule has 2 aromatic rings. The summed E-state index contributed by atoms with van der Waals surface area (Å²) in [7, 11) is 2.45. The fourth-order valence-electron chi connectivity index (χ4n) is 1.63. The molecule has 0 bridgehead atoms. The molecule has 0 aliphatic carbocycles. The lowest BCUT2D eigenvalue weighted by molar-refractivity contribution is 0.0596. The van der Waals surface area contributed by atoms with Crippen molar-refractivity contribution in [1.29, 1.82) is 0 Å². The molecular weight excluding hydrogens is 255 g/mol. The third kappa shape index (κ3) is 2.35. The highest BCUT2D eigenvalue weighted by atomic mass is 19.1. The van der Waals surface area contributed by atoms with Crippen LogP contribution >= 0.6 is 0 Å². The fraction of sp³-hybridized carbons (Fsp3) is 0.167. The normalized spacial score (nSPS) is 10.3. The predicted octanol–water partition coefficient (Wildman–Crippen LogP) is 1.86. The van der Waals surface area contributed by atoms with E-state index in [1.165, 1.54) is 26.4 Å². The molecule has 2 N–H and O–H groups in total. The van der Waals surface area contributed by atoms with Crippen molar-refractivity contribution >= 4 is 11.8 Å². The largest absolute Gasteiger partial charge is 0.493 e. The number of rotatable bonds is 3. The third-order valence-corrected chi connectivity index (χ3v) is 2.47. The van der Waals surface area contributed by atoms with Crippen molar-refractivity contribution in [2.45, 2.75) is 0 Å². The topological polar surface area (TPSA) is 87.6 Å². The molecule has 0 amide bonds. The smallest absolute Gasteiger partial charge is 0.341 e. The Morgan fingerprint density at radius 2 is 2.11 bits per heavy atom. The average Bonchev–Trinajstić information content (AvgIpc) is 2.83.